The molecule has 0 saturated carbocycles. The normalized spacial score (nSPS) is 10.3. The summed E-state index contributed by atoms with van der Waals surface area (Å²) >= 11 is 0. The van der Waals surface area contributed by atoms with Crippen LogP contribution in [0, 0.1) is 19.7 Å². The van der Waals surface area contributed by atoms with Crippen molar-refractivity contribution in [3.05, 3.63) is 58.9 Å². The van der Waals surface area contributed by atoms with Crippen LogP contribution in [0.1, 0.15) is 16.7 Å². The van der Waals surface area contributed by atoms with Crippen LogP contribution in [0.4, 0.5) is 15.8 Å². The van der Waals surface area contributed by atoms with Gasteiger partial charge in [0.05, 0.1) is 12.1 Å². The van der Waals surface area contributed by atoms with Crippen LogP contribution in [0.2, 0.25) is 0 Å². The molecule has 4 heteroatoms. The van der Waals surface area contributed by atoms with E-state index in [1.807, 2.05) is 32.0 Å². The van der Waals surface area contributed by atoms with Crippen molar-refractivity contribution >= 4 is 17.3 Å². The van der Waals surface area contributed by atoms with Crippen LogP contribution in [0.15, 0.2) is 36.4 Å². The first kappa shape index (κ1) is 14.1. The first-order valence-electron chi connectivity index (χ1n) is 6.36. The number of nitrogens with two attached hydrogens (primary N) is 1. The van der Waals surface area contributed by atoms with E-state index in [1.54, 1.807) is 6.07 Å². The van der Waals surface area contributed by atoms with Crippen molar-refractivity contribution in [2.75, 3.05) is 11.1 Å². The Morgan fingerprint density at radius 1 is 1.20 bits per heavy atom. The summed E-state index contributed by atoms with van der Waals surface area (Å²) in [5.41, 5.74) is 9.02. The highest BCUT2D eigenvalue weighted by atomic mass is 19.1. The van der Waals surface area contributed by atoms with E-state index in [1.165, 1.54) is 12.1 Å². The molecule has 0 atom stereocenters. The minimum atomic E-state index is -0.528. The number of carbonyl (C=O) groups is 1. The molecule has 0 radical (unpaired) electrons. The largest absolute Gasteiger partial charge is 0.399 e. The number of hydrogen-bond acceptors (Lipinski definition) is 2. The number of anilines is 2. The Bertz CT molecular complexity index is 653. The number of amides is 1. The summed E-state index contributed by atoms with van der Waals surface area (Å²) in [5.74, 6) is -0.776. The van der Waals surface area contributed by atoms with E-state index in [-0.39, 0.29) is 18.0 Å². The molecule has 0 saturated heterocycles. The number of halogens is 1. The molecule has 0 heterocycles. The molecular weight excluding hydrogens is 255 g/mol. The molecule has 2 aromatic rings. The van der Waals surface area contributed by atoms with E-state index in [9.17, 15) is 9.18 Å². The summed E-state index contributed by atoms with van der Waals surface area (Å²) in [4.78, 5) is 12.0. The van der Waals surface area contributed by atoms with Gasteiger partial charge in [0.2, 0.25) is 5.91 Å². The highest BCUT2D eigenvalue weighted by Gasteiger charge is 2.09. The average molecular weight is 272 g/mol. The first-order chi connectivity index (χ1) is 9.45. The maximum atomic E-state index is 13.6. The zero-order valence-corrected chi connectivity index (χ0v) is 11.5. The van der Waals surface area contributed by atoms with Gasteiger partial charge >= 0.3 is 0 Å². The summed E-state index contributed by atoms with van der Waals surface area (Å²) in [6, 6.07) is 10.1. The van der Waals surface area contributed by atoms with Gasteiger partial charge in [-0.3, -0.25) is 4.79 Å². The standard InChI is InChI=1S/C16H17FN2O/c1-10-3-4-11(2)12(7-10)8-16(20)19-15-6-5-13(18)9-14(15)17/h3-7,9H,8,18H2,1-2H3,(H,19,20). The van der Waals surface area contributed by atoms with Gasteiger partial charge in [-0.05, 0) is 43.2 Å². The minimum absolute atomic E-state index is 0.148. The molecule has 0 aliphatic carbocycles. The molecule has 1 amide bonds. The predicted molar refractivity (Wildman–Crippen MR) is 79.1 cm³/mol. The molecule has 0 aliphatic heterocycles. The number of benzene rings is 2. The zero-order chi connectivity index (χ0) is 14.7. The van der Waals surface area contributed by atoms with Crippen LogP contribution in [0.3, 0.4) is 0 Å². The van der Waals surface area contributed by atoms with E-state index in [4.69, 9.17) is 5.73 Å². The average Bonchev–Trinajstić information content (AvgIpc) is 2.37. The van der Waals surface area contributed by atoms with E-state index >= 15 is 0 Å². The van der Waals surface area contributed by atoms with Crippen LogP contribution in [0.25, 0.3) is 0 Å². The van der Waals surface area contributed by atoms with Crippen molar-refractivity contribution in [3.63, 3.8) is 0 Å². The molecule has 3 N–H and O–H groups in total. The van der Waals surface area contributed by atoms with Crippen LogP contribution in [0.5, 0.6) is 0 Å². The summed E-state index contributed by atoms with van der Waals surface area (Å²) < 4.78 is 13.6. The van der Waals surface area contributed by atoms with E-state index in [0.29, 0.717) is 5.69 Å². The lowest BCUT2D eigenvalue weighted by Gasteiger charge is -2.09. The van der Waals surface area contributed by atoms with Crippen molar-refractivity contribution in [1.82, 2.24) is 0 Å². The van der Waals surface area contributed by atoms with Gasteiger partial charge in [-0.15, -0.1) is 0 Å². The van der Waals surface area contributed by atoms with E-state index in [0.717, 1.165) is 16.7 Å². The van der Waals surface area contributed by atoms with Gasteiger partial charge in [-0.1, -0.05) is 23.8 Å². The second-order valence-corrected chi connectivity index (χ2v) is 4.89. The summed E-state index contributed by atoms with van der Waals surface area (Å²) in [6.45, 7) is 3.92. The topological polar surface area (TPSA) is 55.1 Å². The molecule has 0 fully saturated rings. The Hall–Kier alpha value is -2.36. The van der Waals surface area contributed by atoms with Gasteiger partial charge in [-0.2, -0.15) is 0 Å². The van der Waals surface area contributed by atoms with Crippen molar-refractivity contribution in [1.29, 1.82) is 0 Å². The fraction of sp³-hybridized carbons (Fsp3) is 0.188. The molecule has 0 unspecified atom stereocenters. The zero-order valence-electron chi connectivity index (χ0n) is 11.5. The smallest absolute Gasteiger partial charge is 0.228 e. The number of hydrogen-bond donors (Lipinski definition) is 2. The van der Waals surface area contributed by atoms with Gasteiger partial charge in [0, 0.05) is 5.69 Å². The van der Waals surface area contributed by atoms with Crippen molar-refractivity contribution in [3.8, 4) is 0 Å². The number of rotatable bonds is 3. The Morgan fingerprint density at radius 2 is 1.95 bits per heavy atom. The van der Waals surface area contributed by atoms with Crippen molar-refractivity contribution in [2.24, 2.45) is 0 Å². The lowest BCUT2D eigenvalue weighted by atomic mass is 10.0. The summed E-state index contributed by atoms with van der Waals surface area (Å²) in [5, 5.41) is 2.56. The number of nitrogens with one attached hydrogen (secondary N) is 1. The molecule has 2 rings (SSSR count). The number of nitrogen functional groups attached to an aromatic ring is 1. The fourth-order valence-electron chi connectivity index (χ4n) is 1.99. The monoisotopic (exact) mass is 272 g/mol. The van der Waals surface area contributed by atoms with Gasteiger partial charge in [0.15, 0.2) is 0 Å². The van der Waals surface area contributed by atoms with Gasteiger partial charge < -0.3 is 11.1 Å². The lowest BCUT2D eigenvalue weighted by molar-refractivity contribution is -0.115. The Morgan fingerprint density at radius 3 is 2.65 bits per heavy atom. The molecule has 2 aromatic carbocycles. The van der Waals surface area contributed by atoms with Crippen molar-refractivity contribution < 1.29 is 9.18 Å². The van der Waals surface area contributed by atoms with E-state index in [2.05, 4.69) is 5.32 Å². The second-order valence-electron chi connectivity index (χ2n) is 4.89. The van der Waals surface area contributed by atoms with Gasteiger partial charge in [-0.25, -0.2) is 4.39 Å². The van der Waals surface area contributed by atoms with Crippen LogP contribution in [-0.2, 0) is 11.2 Å². The number of aryl methyl sites for hydroxylation is 2. The van der Waals surface area contributed by atoms with Crippen LogP contribution >= 0.6 is 0 Å². The van der Waals surface area contributed by atoms with Gasteiger partial charge in [0.25, 0.3) is 0 Å². The molecule has 0 aliphatic rings. The third-order valence-corrected chi connectivity index (χ3v) is 3.12. The molecule has 104 valence electrons. The maximum absolute atomic E-state index is 13.6. The minimum Gasteiger partial charge on any atom is -0.399 e. The lowest BCUT2D eigenvalue weighted by Crippen LogP contribution is -2.16. The van der Waals surface area contributed by atoms with Crippen LogP contribution < -0.4 is 11.1 Å². The highest BCUT2D eigenvalue weighted by molar-refractivity contribution is 5.92. The highest BCUT2D eigenvalue weighted by Crippen LogP contribution is 2.18. The Balaban J connectivity index is 2.11. The molecule has 20 heavy (non-hydrogen) atoms. The Kier molecular flexibility index (Phi) is 4.03. The third kappa shape index (κ3) is 3.35. The summed E-state index contributed by atoms with van der Waals surface area (Å²) in [7, 11) is 0. The molecule has 0 spiro atoms. The molecule has 3 nitrogen and oxygen atoms in total. The number of carbonyl (C=O) groups excluding carboxylic acids is 1. The predicted octanol–water partition coefficient (Wildman–Crippen LogP) is 3.21. The van der Waals surface area contributed by atoms with E-state index < -0.39 is 5.82 Å². The maximum Gasteiger partial charge on any atom is 0.228 e. The second kappa shape index (κ2) is 5.74. The quantitative estimate of drug-likeness (QED) is 0.843. The van der Waals surface area contributed by atoms with Gasteiger partial charge in [0.1, 0.15) is 5.82 Å². The SMILES string of the molecule is Cc1ccc(C)c(CC(=O)Nc2ccc(N)cc2F)c1. The Labute approximate surface area is 117 Å². The summed E-state index contributed by atoms with van der Waals surface area (Å²) in [6.07, 6.45) is 0.220. The van der Waals surface area contributed by atoms with Crippen LogP contribution in [-0.4, -0.2) is 5.91 Å². The fourth-order valence-corrected chi connectivity index (χ4v) is 1.99. The molecule has 0 aromatic heterocycles. The third-order valence-electron chi connectivity index (χ3n) is 3.12. The molecular formula is C16H17FN2O. The molecule has 0 bridgehead atoms. The van der Waals surface area contributed by atoms with Crippen molar-refractivity contribution in [2.45, 2.75) is 20.3 Å². The first-order valence-corrected chi connectivity index (χ1v) is 6.36.